The summed E-state index contributed by atoms with van der Waals surface area (Å²) in [5.41, 5.74) is -3.29. The maximum Gasteiger partial charge on any atom is 0.257 e. The van der Waals surface area contributed by atoms with Gasteiger partial charge in [-0.25, -0.2) is 8.42 Å². The van der Waals surface area contributed by atoms with Crippen LogP contribution >= 0.6 is 23.2 Å². The molecule has 0 unspecified atom stereocenters. The minimum atomic E-state index is -3.81. The smallest absolute Gasteiger partial charge is 0.257 e. The molecule has 5 rings (SSSR count). The predicted octanol–water partition coefficient (Wildman–Crippen LogP) is 3.25. The molecule has 44 heavy (non-hydrogen) atoms. The van der Waals surface area contributed by atoms with Crippen LogP contribution in [-0.4, -0.2) is 77.9 Å². The molecule has 1 aliphatic heterocycles. The second-order valence-corrected chi connectivity index (χ2v) is 15.0. The number of amides is 1. The number of rotatable bonds is 9. The number of ether oxygens (including phenoxy) is 1. The lowest BCUT2D eigenvalue weighted by atomic mass is 9.43. The van der Waals surface area contributed by atoms with Crippen LogP contribution in [0.2, 0.25) is 10.0 Å². The molecule has 1 fully saturated rings. The van der Waals surface area contributed by atoms with E-state index in [0.717, 1.165) is 6.26 Å². The summed E-state index contributed by atoms with van der Waals surface area (Å²) in [5.74, 6) is -0.577. The summed E-state index contributed by atoms with van der Waals surface area (Å²) in [6, 6.07) is 15.5. The van der Waals surface area contributed by atoms with Gasteiger partial charge in [-0.15, -0.1) is 0 Å². The van der Waals surface area contributed by atoms with Crippen LogP contribution in [-0.2, 0) is 32.4 Å². The summed E-state index contributed by atoms with van der Waals surface area (Å²) < 4.78 is 32.4. The fourth-order valence-corrected chi connectivity index (χ4v) is 7.23. The number of sulfone groups is 1. The number of benzene rings is 3. The highest BCUT2D eigenvalue weighted by molar-refractivity contribution is 7.90. The number of hydrogen-bond acceptors (Lipinski definition) is 6. The first-order chi connectivity index (χ1) is 20.1. The van der Waals surface area contributed by atoms with Crippen molar-refractivity contribution in [3.8, 4) is 0 Å². The van der Waals surface area contributed by atoms with Crippen LogP contribution < -0.4 is 0 Å². The monoisotopic (exact) mass is 643 g/mol. The number of fused-ring (bicyclic) bond motifs is 1. The highest BCUT2D eigenvalue weighted by atomic mass is 35.5. The van der Waals surface area contributed by atoms with E-state index in [0.29, 0.717) is 21.7 Å². The molecule has 1 atom stereocenters. The van der Waals surface area contributed by atoms with Crippen molar-refractivity contribution in [2.24, 2.45) is 5.41 Å². The molecule has 1 aliphatic carbocycles. The van der Waals surface area contributed by atoms with E-state index in [2.05, 4.69) is 0 Å². The molecule has 0 aromatic heterocycles. The number of carbonyl (C=O) groups excluding carboxylic acids is 1. The van der Waals surface area contributed by atoms with Crippen LogP contribution in [0.3, 0.4) is 0 Å². The lowest BCUT2D eigenvalue weighted by molar-refractivity contribution is -0.168. The van der Waals surface area contributed by atoms with Gasteiger partial charge in [-0.3, -0.25) is 9.69 Å². The normalized spacial score (nSPS) is 20.1. The number of aliphatic hydroxyl groups is 2. The second kappa shape index (κ2) is 10.7. The van der Waals surface area contributed by atoms with E-state index in [1.807, 2.05) is 0 Å². The van der Waals surface area contributed by atoms with E-state index in [-0.39, 0.29) is 40.4 Å². The third-order valence-corrected chi connectivity index (χ3v) is 10.2. The van der Waals surface area contributed by atoms with Crippen molar-refractivity contribution in [2.75, 3.05) is 6.26 Å². The topological polar surface area (TPSA) is 104 Å². The largest absolute Gasteiger partial charge is 0.409 e. The van der Waals surface area contributed by atoms with E-state index >= 15 is 0 Å². The minimum Gasteiger partial charge on any atom is -0.409 e. The van der Waals surface area contributed by atoms with Crippen LogP contribution in [0.5, 0.6) is 0 Å². The SMILES string of the molecule is [B]C([B])(O)C1(C([B])([B])O[C@]2(c3ccc(Cl)cc3)c3ccc(C(C)(C)O)cc3C(=O)N2Cc2ccc(Cl)cc2S(C)(=O)=O)CC1. The summed E-state index contributed by atoms with van der Waals surface area (Å²) in [5, 5.41) is 17.5. The molecule has 14 heteroatoms. The standard InChI is InChI=1S/C30H27B4Cl2NO6S/c1-26(2,39)19-7-11-23-22(14-19)25(38)37(16-17-4-8-21(36)15-24(17)44(3,41)42)28(23,18-5-9-20(35)10-6-18)43-30(33,34)27(12-13-27)29(31,32)40/h4-11,14-15,39-40H,12-13,16H2,1-3H3/t28-/m1/s1. The molecule has 1 saturated carbocycles. The quantitative estimate of drug-likeness (QED) is 0.347. The summed E-state index contributed by atoms with van der Waals surface area (Å²) >= 11 is 12.4. The van der Waals surface area contributed by atoms with Crippen LogP contribution in [0, 0.1) is 5.41 Å². The molecule has 2 N–H and O–H groups in total. The molecule has 8 radical (unpaired) electrons. The molecule has 0 saturated heterocycles. The zero-order chi connectivity index (χ0) is 32.7. The van der Waals surface area contributed by atoms with E-state index in [1.54, 1.807) is 50.2 Å². The Morgan fingerprint density at radius 3 is 2.05 bits per heavy atom. The Morgan fingerprint density at radius 2 is 1.52 bits per heavy atom. The molecule has 3 aromatic rings. The Bertz CT molecular complexity index is 1750. The van der Waals surface area contributed by atoms with E-state index in [4.69, 9.17) is 59.3 Å². The average Bonchev–Trinajstić information content (AvgIpc) is 3.70. The maximum absolute atomic E-state index is 14.5. The Hall–Kier alpha value is -2.20. The number of hydrogen-bond donors (Lipinski definition) is 2. The Balaban J connectivity index is 1.82. The van der Waals surface area contributed by atoms with Gasteiger partial charge >= 0.3 is 0 Å². The van der Waals surface area contributed by atoms with Crippen molar-refractivity contribution in [1.82, 2.24) is 4.90 Å². The van der Waals surface area contributed by atoms with Crippen molar-refractivity contribution in [3.63, 3.8) is 0 Å². The molecule has 2 aliphatic rings. The van der Waals surface area contributed by atoms with Crippen molar-refractivity contribution in [2.45, 2.75) is 60.3 Å². The summed E-state index contributed by atoms with van der Waals surface area (Å²) in [7, 11) is 21.4. The van der Waals surface area contributed by atoms with Crippen molar-refractivity contribution in [1.29, 1.82) is 0 Å². The molecule has 0 spiro atoms. The summed E-state index contributed by atoms with van der Waals surface area (Å²) in [6.07, 6.45) is 1.47. The van der Waals surface area contributed by atoms with E-state index < -0.39 is 43.3 Å². The van der Waals surface area contributed by atoms with Gasteiger partial charge in [-0.05, 0) is 79.0 Å². The molecule has 1 heterocycles. The van der Waals surface area contributed by atoms with Gasteiger partial charge in [0, 0.05) is 38.4 Å². The van der Waals surface area contributed by atoms with Gasteiger partial charge in [0.2, 0.25) is 0 Å². The van der Waals surface area contributed by atoms with Gasteiger partial charge in [0.25, 0.3) is 5.91 Å². The van der Waals surface area contributed by atoms with Crippen molar-refractivity contribution < 1.29 is 28.2 Å². The molecule has 220 valence electrons. The predicted molar refractivity (Wildman–Crippen MR) is 172 cm³/mol. The first kappa shape index (κ1) is 33.2. The Morgan fingerprint density at radius 1 is 0.932 bits per heavy atom. The van der Waals surface area contributed by atoms with Crippen LogP contribution in [0.25, 0.3) is 0 Å². The maximum atomic E-state index is 14.5. The molecule has 1 amide bonds. The van der Waals surface area contributed by atoms with Gasteiger partial charge in [-0.2, -0.15) is 0 Å². The number of halogens is 2. The zero-order valence-corrected chi connectivity index (χ0v) is 26.7. The molecular weight excluding hydrogens is 617 g/mol. The Labute approximate surface area is 272 Å². The first-order valence-electron chi connectivity index (χ1n) is 13.7. The minimum absolute atomic E-state index is 0.0975. The highest BCUT2D eigenvalue weighted by Gasteiger charge is 2.65. The fraction of sp³-hybridized carbons (Fsp3) is 0.367. The van der Waals surface area contributed by atoms with Crippen LogP contribution in [0.4, 0.5) is 0 Å². The van der Waals surface area contributed by atoms with E-state index in [1.165, 1.54) is 29.2 Å². The van der Waals surface area contributed by atoms with Crippen LogP contribution in [0.1, 0.15) is 59.3 Å². The summed E-state index contributed by atoms with van der Waals surface area (Å²) in [6.45, 7) is 2.84. The summed E-state index contributed by atoms with van der Waals surface area (Å²) in [4.78, 5) is 15.7. The van der Waals surface area contributed by atoms with Crippen molar-refractivity contribution in [3.05, 3.63) is 98.5 Å². The Kier molecular flexibility index (Phi) is 8.05. The third kappa shape index (κ3) is 5.46. The lowest BCUT2D eigenvalue weighted by Crippen LogP contribution is -2.62. The molecule has 7 nitrogen and oxygen atoms in total. The second-order valence-electron chi connectivity index (χ2n) is 12.2. The van der Waals surface area contributed by atoms with Gasteiger partial charge in [0.05, 0.1) is 32.7 Å². The molecule has 3 aromatic carbocycles. The van der Waals surface area contributed by atoms with Gasteiger partial charge < -0.3 is 14.9 Å². The first-order valence-corrected chi connectivity index (χ1v) is 16.3. The van der Waals surface area contributed by atoms with Gasteiger partial charge in [0.1, 0.15) is 15.7 Å². The van der Waals surface area contributed by atoms with E-state index in [9.17, 15) is 23.4 Å². The number of carbonyl (C=O) groups is 1. The third-order valence-electron chi connectivity index (χ3n) is 8.52. The highest BCUT2D eigenvalue weighted by Crippen LogP contribution is 2.61. The zero-order valence-electron chi connectivity index (χ0n) is 24.3. The van der Waals surface area contributed by atoms with Crippen LogP contribution in [0.15, 0.2) is 65.6 Å². The lowest BCUT2D eigenvalue weighted by Gasteiger charge is -2.51. The van der Waals surface area contributed by atoms with Gasteiger partial charge in [-0.1, -0.05) is 53.5 Å². The van der Waals surface area contributed by atoms with Gasteiger partial charge in [0.15, 0.2) is 15.6 Å². The van der Waals surface area contributed by atoms with Crippen molar-refractivity contribution >= 4 is 70.3 Å². The number of nitrogens with zero attached hydrogens (tertiary/aromatic N) is 1. The molecule has 0 bridgehead atoms. The fourth-order valence-electron chi connectivity index (χ4n) is 5.92. The molecular formula is C30H27B4Cl2NO6S. The average molecular weight is 644 g/mol.